The molecular weight excluding hydrogens is 378 g/mol. The summed E-state index contributed by atoms with van der Waals surface area (Å²) in [5, 5.41) is 24.9. The van der Waals surface area contributed by atoms with Crippen LogP contribution in [0.25, 0.3) is 0 Å². The summed E-state index contributed by atoms with van der Waals surface area (Å²) in [7, 11) is 1.70. The summed E-state index contributed by atoms with van der Waals surface area (Å²) in [5.74, 6) is -1.07. The summed E-state index contributed by atoms with van der Waals surface area (Å²) in [5.41, 5.74) is 0.188. The average molecular weight is 418 g/mol. The number of ether oxygens (including phenoxy) is 1. The van der Waals surface area contributed by atoms with Crippen molar-refractivity contribution in [3.63, 3.8) is 0 Å². The summed E-state index contributed by atoms with van der Waals surface area (Å²) >= 11 is 0. The number of hydrogen-bond acceptors (Lipinski definition) is 6. The van der Waals surface area contributed by atoms with Crippen molar-refractivity contribution in [3.05, 3.63) is 0 Å². The predicted molar refractivity (Wildman–Crippen MR) is 111 cm³/mol. The number of aliphatic carboxylic acids is 2. The van der Waals surface area contributed by atoms with Gasteiger partial charge < -0.3 is 30.9 Å². The number of amides is 1. The van der Waals surface area contributed by atoms with Gasteiger partial charge in [0.05, 0.1) is 12.1 Å². The van der Waals surface area contributed by atoms with Gasteiger partial charge in [-0.25, -0.2) is 0 Å². The number of hydrogen-bond donors (Lipinski definition) is 5. The van der Waals surface area contributed by atoms with Gasteiger partial charge in [0.15, 0.2) is 0 Å². The van der Waals surface area contributed by atoms with E-state index < -0.39 is 11.9 Å². The number of methoxy groups -OCH3 is 1. The van der Waals surface area contributed by atoms with Gasteiger partial charge in [-0.2, -0.15) is 0 Å². The highest BCUT2D eigenvalue weighted by Gasteiger charge is 2.38. The molecule has 170 valence electrons. The van der Waals surface area contributed by atoms with Crippen molar-refractivity contribution in [2.45, 2.75) is 84.0 Å². The minimum absolute atomic E-state index is 0.0925. The molecule has 29 heavy (non-hydrogen) atoms. The number of rotatable bonds is 4. The van der Waals surface area contributed by atoms with Crippen LogP contribution in [0.2, 0.25) is 0 Å². The Morgan fingerprint density at radius 1 is 1.00 bits per heavy atom. The Kier molecular flexibility index (Phi) is 11.4. The lowest BCUT2D eigenvalue weighted by Crippen LogP contribution is -2.58. The van der Waals surface area contributed by atoms with E-state index in [-0.39, 0.29) is 29.1 Å². The van der Waals surface area contributed by atoms with E-state index in [1.807, 2.05) is 0 Å². The lowest BCUT2D eigenvalue weighted by Gasteiger charge is -2.46. The van der Waals surface area contributed by atoms with Gasteiger partial charge in [-0.05, 0) is 46.5 Å². The standard InChI is InChI=1S/C16H31N3O2.2C2H4O2/c1-15(2)7-11(8-16(3,4)19-15)6-14(20)18-12-9-17-10-13(12)21-5;2*1-2(3)4/h11-13,17,19H,6-10H2,1-5H3,(H,18,20);2*1H3,(H,3,4)/t12-,13-;;/m0../s1. The smallest absolute Gasteiger partial charge is 0.300 e. The molecule has 0 aromatic carbocycles. The van der Waals surface area contributed by atoms with Crippen molar-refractivity contribution in [2.75, 3.05) is 20.2 Å². The van der Waals surface area contributed by atoms with Gasteiger partial charge >= 0.3 is 0 Å². The number of nitrogens with one attached hydrogen (secondary N) is 3. The molecule has 0 spiro atoms. The minimum Gasteiger partial charge on any atom is -0.481 e. The van der Waals surface area contributed by atoms with Crippen molar-refractivity contribution in [1.82, 2.24) is 16.0 Å². The van der Waals surface area contributed by atoms with Crippen LogP contribution in [-0.2, 0) is 19.1 Å². The largest absolute Gasteiger partial charge is 0.481 e. The van der Waals surface area contributed by atoms with E-state index in [0.29, 0.717) is 12.3 Å². The Morgan fingerprint density at radius 2 is 1.45 bits per heavy atom. The van der Waals surface area contributed by atoms with E-state index in [0.717, 1.165) is 39.8 Å². The molecule has 2 atom stereocenters. The lowest BCUT2D eigenvalue weighted by molar-refractivity contribution is -0.135. The second-order valence-corrected chi connectivity index (χ2v) is 9.02. The van der Waals surface area contributed by atoms with E-state index in [2.05, 4.69) is 43.6 Å². The molecule has 0 aliphatic carbocycles. The quantitative estimate of drug-likeness (QED) is 0.460. The third-order valence-corrected chi connectivity index (χ3v) is 4.56. The van der Waals surface area contributed by atoms with Crippen LogP contribution < -0.4 is 16.0 Å². The molecule has 2 saturated heterocycles. The van der Waals surface area contributed by atoms with Crippen molar-refractivity contribution >= 4 is 17.8 Å². The maximum atomic E-state index is 12.3. The molecule has 9 heteroatoms. The maximum absolute atomic E-state index is 12.3. The van der Waals surface area contributed by atoms with Crippen LogP contribution in [-0.4, -0.2) is 71.5 Å². The van der Waals surface area contributed by atoms with Crippen LogP contribution in [0.1, 0.15) is 60.8 Å². The van der Waals surface area contributed by atoms with E-state index in [1.54, 1.807) is 7.11 Å². The van der Waals surface area contributed by atoms with E-state index in [9.17, 15) is 4.79 Å². The van der Waals surface area contributed by atoms with Crippen LogP contribution in [0.4, 0.5) is 0 Å². The molecule has 0 radical (unpaired) electrons. The molecule has 0 aromatic heterocycles. The molecule has 5 N–H and O–H groups in total. The van der Waals surface area contributed by atoms with E-state index >= 15 is 0 Å². The van der Waals surface area contributed by atoms with Crippen LogP contribution in [0.3, 0.4) is 0 Å². The number of carbonyl (C=O) groups is 3. The first-order valence-electron chi connectivity index (χ1n) is 9.88. The zero-order valence-corrected chi connectivity index (χ0v) is 18.8. The Balaban J connectivity index is 0.000000837. The van der Waals surface area contributed by atoms with Gasteiger partial charge in [0.25, 0.3) is 11.9 Å². The fourth-order valence-corrected chi connectivity index (χ4v) is 4.25. The van der Waals surface area contributed by atoms with E-state index in [1.165, 1.54) is 0 Å². The number of carbonyl (C=O) groups excluding carboxylic acids is 1. The fraction of sp³-hybridized carbons (Fsp3) is 0.850. The second-order valence-electron chi connectivity index (χ2n) is 9.02. The highest BCUT2D eigenvalue weighted by atomic mass is 16.5. The van der Waals surface area contributed by atoms with Gasteiger partial charge in [0, 0.05) is 51.5 Å². The topological polar surface area (TPSA) is 137 Å². The van der Waals surface area contributed by atoms with Crippen LogP contribution in [0.5, 0.6) is 0 Å². The summed E-state index contributed by atoms with van der Waals surface area (Å²) in [6.45, 7) is 12.7. The van der Waals surface area contributed by atoms with Crippen molar-refractivity contribution in [1.29, 1.82) is 0 Å². The molecule has 0 saturated carbocycles. The van der Waals surface area contributed by atoms with Crippen molar-refractivity contribution in [2.24, 2.45) is 5.92 Å². The molecule has 0 unspecified atom stereocenters. The van der Waals surface area contributed by atoms with Gasteiger partial charge in [0.2, 0.25) is 5.91 Å². The number of carboxylic acid groups (broad SMARTS) is 2. The number of carboxylic acids is 2. The lowest BCUT2D eigenvalue weighted by atomic mass is 9.74. The van der Waals surface area contributed by atoms with Gasteiger partial charge in [-0.15, -0.1) is 0 Å². The average Bonchev–Trinajstić information content (AvgIpc) is 2.89. The Bertz CT molecular complexity index is 514. The molecule has 1 amide bonds. The Hall–Kier alpha value is -1.71. The first kappa shape index (κ1) is 27.3. The third-order valence-electron chi connectivity index (χ3n) is 4.56. The zero-order valence-electron chi connectivity index (χ0n) is 18.8. The van der Waals surface area contributed by atoms with Crippen molar-refractivity contribution in [3.8, 4) is 0 Å². The van der Waals surface area contributed by atoms with Crippen molar-refractivity contribution < 1.29 is 29.3 Å². The highest BCUT2D eigenvalue weighted by molar-refractivity contribution is 5.76. The van der Waals surface area contributed by atoms with Gasteiger partial charge in [-0.3, -0.25) is 14.4 Å². The molecule has 2 fully saturated rings. The summed E-state index contributed by atoms with van der Waals surface area (Å²) in [4.78, 5) is 30.3. The molecule has 0 bridgehead atoms. The normalized spacial score (nSPS) is 24.9. The maximum Gasteiger partial charge on any atom is 0.300 e. The second kappa shape index (κ2) is 12.1. The highest BCUT2D eigenvalue weighted by Crippen LogP contribution is 2.34. The van der Waals surface area contributed by atoms with Gasteiger partial charge in [-0.1, -0.05) is 0 Å². The summed E-state index contributed by atoms with van der Waals surface area (Å²) < 4.78 is 5.39. The number of piperidine rings is 1. The van der Waals surface area contributed by atoms with Crippen LogP contribution in [0.15, 0.2) is 0 Å². The predicted octanol–water partition coefficient (Wildman–Crippen LogP) is 1.22. The first-order valence-corrected chi connectivity index (χ1v) is 9.88. The minimum atomic E-state index is -0.833. The van der Waals surface area contributed by atoms with Gasteiger partial charge in [0.1, 0.15) is 0 Å². The van der Waals surface area contributed by atoms with Crippen LogP contribution >= 0.6 is 0 Å². The molecule has 9 nitrogen and oxygen atoms in total. The first-order chi connectivity index (χ1) is 13.2. The third kappa shape index (κ3) is 13.2. The molecular formula is C20H39N3O6. The molecule has 2 rings (SSSR count). The molecule has 2 heterocycles. The fourth-order valence-electron chi connectivity index (χ4n) is 4.25. The molecule has 2 aliphatic rings. The van der Waals surface area contributed by atoms with E-state index in [4.69, 9.17) is 24.5 Å². The molecule has 0 aromatic rings. The zero-order chi connectivity index (χ0) is 22.8. The monoisotopic (exact) mass is 417 g/mol. The molecule has 2 aliphatic heterocycles. The summed E-state index contributed by atoms with van der Waals surface area (Å²) in [6, 6.07) is 0.102. The summed E-state index contributed by atoms with van der Waals surface area (Å²) in [6.07, 6.45) is 2.79. The Labute approximate surface area is 174 Å². The van der Waals surface area contributed by atoms with Crippen LogP contribution in [0, 0.1) is 5.92 Å². The Morgan fingerprint density at radius 3 is 1.86 bits per heavy atom. The SMILES string of the molecule is CC(=O)O.CC(=O)O.CO[C@H]1CNC[C@@H]1NC(=O)CC1CC(C)(C)NC(C)(C)C1.